The third-order valence-corrected chi connectivity index (χ3v) is 4.61. The number of hydrogen-bond acceptors (Lipinski definition) is 9. The van der Waals surface area contributed by atoms with E-state index in [1.165, 1.54) is 44.6 Å². The van der Waals surface area contributed by atoms with E-state index in [1.807, 2.05) is 0 Å². The van der Waals surface area contributed by atoms with Crippen LogP contribution in [0.5, 0.6) is 11.8 Å². The zero-order chi connectivity index (χ0) is 20.7. The molecule has 0 spiro atoms. The summed E-state index contributed by atoms with van der Waals surface area (Å²) in [5.41, 5.74) is -0.205. The second-order valence-electron chi connectivity index (χ2n) is 5.05. The Morgan fingerprint density at radius 3 is 2.25 bits per heavy atom. The molecule has 1 aromatic carbocycles. The molecule has 0 atom stereocenters. The van der Waals surface area contributed by atoms with Crippen LogP contribution in [0.15, 0.2) is 35.2 Å². The Hall–Kier alpha value is -3.41. The first kappa shape index (κ1) is 20.9. The van der Waals surface area contributed by atoms with Gasteiger partial charge in [-0.25, -0.2) is 22.7 Å². The Labute approximate surface area is 161 Å². The summed E-state index contributed by atoms with van der Waals surface area (Å²) in [7, 11) is -1.69. The van der Waals surface area contributed by atoms with Gasteiger partial charge in [0.05, 0.1) is 32.5 Å². The molecule has 0 aliphatic rings. The highest BCUT2D eigenvalue weighted by Crippen LogP contribution is 2.18. The second kappa shape index (κ2) is 8.99. The van der Waals surface area contributed by atoms with Crippen molar-refractivity contribution in [3.63, 3.8) is 0 Å². The number of ether oxygens (including phenoxy) is 3. The molecule has 11 nitrogen and oxygen atoms in total. The van der Waals surface area contributed by atoms with Crippen LogP contribution in [0.3, 0.4) is 0 Å². The summed E-state index contributed by atoms with van der Waals surface area (Å²) in [5, 5.41) is 2.16. The average molecular weight is 410 g/mol. The van der Waals surface area contributed by atoms with Crippen LogP contribution in [0.2, 0.25) is 0 Å². The number of methoxy groups -OCH3 is 2. The van der Waals surface area contributed by atoms with Crippen LogP contribution >= 0.6 is 0 Å². The molecule has 0 aliphatic heterocycles. The van der Waals surface area contributed by atoms with E-state index in [0.717, 1.165) is 0 Å². The summed E-state index contributed by atoms with van der Waals surface area (Å²) in [6.45, 7) is 1.65. The molecule has 0 saturated heterocycles. The summed E-state index contributed by atoms with van der Waals surface area (Å²) in [4.78, 5) is 31.4. The van der Waals surface area contributed by atoms with Crippen molar-refractivity contribution in [2.75, 3.05) is 26.1 Å². The van der Waals surface area contributed by atoms with Crippen LogP contribution < -0.4 is 19.5 Å². The first-order valence-electron chi connectivity index (χ1n) is 7.87. The zero-order valence-electron chi connectivity index (χ0n) is 15.3. The maximum atomic E-state index is 12.5. The SMILES string of the molecule is CCOC(=O)c1ccccc1S(=O)(=O)NC(=O)Nc1nc(OC)cc(OC)n1. The van der Waals surface area contributed by atoms with Crippen LogP contribution in [-0.4, -0.2) is 51.2 Å². The van der Waals surface area contributed by atoms with Crippen molar-refractivity contribution >= 4 is 28.0 Å². The van der Waals surface area contributed by atoms with Gasteiger partial charge in [0.15, 0.2) is 0 Å². The first-order valence-corrected chi connectivity index (χ1v) is 9.36. The lowest BCUT2D eigenvalue weighted by molar-refractivity contribution is 0.0521. The minimum atomic E-state index is -4.39. The number of amides is 2. The Balaban J connectivity index is 2.24. The number of esters is 1. The Morgan fingerprint density at radius 1 is 1.07 bits per heavy atom. The van der Waals surface area contributed by atoms with E-state index in [9.17, 15) is 18.0 Å². The molecule has 0 aliphatic carbocycles. The molecule has 0 radical (unpaired) electrons. The highest BCUT2D eigenvalue weighted by molar-refractivity contribution is 7.90. The summed E-state index contributed by atoms with van der Waals surface area (Å²) < 4.78 is 41.6. The van der Waals surface area contributed by atoms with E-state index in [2.05, 4.69) is 15.3 Å². The lowest BCUT2D eigenvalue weighted by Gasteiger charge is -2.11. The number of hydrogen-bond donors (Lipinski definition) is 2. The maximum absolute atomic E-state index is 12.5. The van der Waals surface area contributed by atoms with Gasteiger partial charge in [0.1, 0.15) is 4.90 Å². The zero-order valence-corrected chi connectivity index (χ0v) is 16.1. The first-order chi connectivity index (χ1) is 13.3. The van der Waals surface area contributed by atoms with E-state index in [-0.39, 0.29) is 29.9 Å². The summed E-state index contributed by atoms with van der Waals surface area (Å²) >= 11 is 0. The fraction of sp³-hybridized carbons (Fsp3) is 0.250. The van der Waals surface area contributed by atoms with Crippen molar-refractivity contribution in [2.24, 2.45) is 0 Å². The molecule has 150 valence electrons. The maximum Gasteiger partial charge on any atom is 0.339 e. The number of urea groups is 1. The quantitative estimate of drug-likeness (QED) is 0.642. The molecular weight excluding hydrogens is 392 g/mol. The van der Waals surface area contributed by atoms with Crippen molar-refractivity contribution in [2.45, 2.75) is 11.8 Å². The van der Waals surface area contributed by atoms with Gasteiger partial charge < -0.3 is 14.2 Å². The molecule has 2 amide bonds. The average Bonchev–Trinajstić information content (AvgIpc) is 2.67. The molecule has 1 heterocycles. The highest BCUT2D eigenvalue weighted by atomic mass is 32.2. The largest absolute Gasteiger partial charge is 0.481 e. The lowest BCUT2D eigenvalue weighted by atomic mass is 10.2. The van der Waals surface area contributed by atoms with Crippen molar-refractivity contribution in [1.29, 1.82) is 0 Å². The van der Waals surface area contributed by atoms with E-state index in [0.29, 0.717) is 0 Å². The monoisotopic (exact) mass is 410 g/mol. The van der Waals surface area contributed by atoms with Gasteiger partial charge >= 0.3 is 12.0 Å². The van der Waals surface area contributed by atoms with Crippen molar-refractivity contribution in [1.82, 2.24) is 14.7 Å². The molecule has 0 unspecified atom stereocenters. The van der Waals surface area contributed by atoms with E-state index in [4.69, 9.17) is 14.2 Å². The Kier molecular flexibility index (Phi) is 6.71. The van der Waals surface area contributed by atoms with Gasteiger partial charge in [-0.15, -0.1) is 0 Å². The van der Waals surface area contributed by atoms with Crippen LogP contribution in [0, 0.1) is 0 Å². The molecule has 0 bridgehead atoms. The molecule has 12 heteroatoms. The molecule has 0 saturated carbocycles. The third kappa shape index (κ3) is 5.07. The van der Waals surface area contributed by atoms with E-state index < -0.39 is 26.9 Å². The number of rotatable bonds is 7. The lowest BCUT2D eigenvalue weighted by Crippen LogP contribution is -2.35. The van der Waals surface area contributed by atoms with Crippen LogP contribution in [0.25, 0.3) is 0 Å². The van der Waals surface area contributed by atoms with Gasteiger partial charge in [-0.1, -0.05) is 12.1 Å². The highest BCUT2D eigenvalue weighted by Gasteiger charge is 2.25. The van der Waals surface area contributed by atoms with Crippen molar-refractivity contribution in [3.05, 3.63) is 35.9 Å². The van der Waals surface area contributed by atoms with Gasteiger partial charge in [0.25, 0.3) is 10.0 Å². The summed E-state index contributed by atoms with van der Waals surface area (Å²) in [5.74, 6) is -0.886. The smallest absolute Gasteiger partial charge is 0.339 e. The van der Waals surface area contributed by atoms with Crippen LogP contribution in [-0.2, 0) is 14.8 Å². The van der Waals surface area contributed by atoms with Crippen molar-refractivity contribution in [3.8, 4) is 11.8 Å². The molecule has 2 rings (SSSR count). The molecule has 0 fully saturated rings. The number of anilines is 1. The van der Waals surface area contributed by atoms with Gasteiger partial charge in [0.2, 0.25) is 17.7 Å². The minimum Gasteiger partial charge on any atom is -0.481 e. The van der Waals surface area contributed by atoms with Crippen LogP contribution in [0.1, 0.15) is 17.3 Å². The number of aromatic nitrogens is 2. The Bertz CT molecular complexity index is 956. The topological polar surface area (TPSA) is 146 Å². The predicted molar refractivity (Wildman–Crippen MR) is 96.9 cm³/mol. The van der Waals surface area contributed by atoms with Gasteiger partial charge in [-0.05, 0) is 19.1 Å². The fourth-order valence-electron chi connectivity index (χ4n) is 2.05. The standard InChI is InChI=1S/C16H18N4O7S/c1-4-27-14(21)10-7-5-6-8-11(10)28(23,24)20-16(22)19-15-17-12(25-2)9-13(18-15)26-3/h5-9H,4H2,1-3H3,(H2,17,18,19,20,22). The van der Waals surface area contributed by atoms with Gasteiger partial charge in [-0.2, -0.15) is 9.97 Å². The van der Waals surface area contributed by atoms with Crippen molar-refractivity contribution < 1.29 is 32.2 Å². The van der Waals surface area contributed by atoms with Gasteiger partial charge in [-0.3, -0.25) is 5.32 Å². The predicted octanol–water partition coefficient (Wildman–Crippen LogP) is 1.18. The number of benzene rings is 1. The number of carbonyl (C=O) groups excluding carboxylic acids is 2. The summed E-state index contributed by atoms with van der Waals surface area (Å²) in [6, 6.07) is 5.56. The fourth-order valence-corrected chi connectivity index (χ4v) is 3.16. The Morgan fingerprint density at radius 2 is 1.68 bits per heavy atom. The summed E-state index contributed by atoms with van der Waals surface area (Å²) in [6.07, 6.45) is 0. The molecule has 28 heavy (non-hydrogen) atoms. The third-order valence-electron chi connectivity index (χ3n) is 3.22. The van der Waals surface area contributed by atoms with E-state index in [1.54, 1.807) is 11.6 Å². The molecular formula is C16H18N4O7S. The molecule has 1 aromatic heterocycles. The normalized spacial score (nSPS) is 10.7. The van der Waals surface area contributed by atoms with Gasteiger partial charge in [0, 0.05) is 0 Å². The number of carbonyl (C=O) groups is 2. The molecule has 2 aromatic rings. The molecule has 2 N–H and O–H groups in total. The number of nitrogens with zero attached hydrogens (tertiary/aromatic N) is 2. The van der Waals surface area contributed by atoms with E-state index >= 15 is 0 Å². The number of sulfonamides is 1. The minimum absolute atomic E-state index is 0.0656. The number of nitrogens with one attached hydrogen (secondary N) is 2. The second-order valence-corrected chi connectivity index (χ2v) is 6.70. The van der Waals surface area contributed by atoms with Crippen LogP contribution in [0.4, 0.5) is 10.7 Å².